The molecular formula is C12H19N3O2. The molecule has 1 aliphatic heterocycles. The monoisotopic (exact) mass is 237 g/mol. The van der Waals surface area contributed by atoms with Crippen LogP contribution in [0.1, 0.15) is 6.92 Å². The van der Waals surface area contributed by atoms with Crippen molar-refractivity contribution in [2.24, 2.45) is 0 Å². The van der Waals surface area contributed by atoms with Crippen LogP contribution < -0.4 is 10.6 Å². The summed E-state index contributed by atoms with van der Waals surface area (Å²) in [6, 6.07) is 0. The summed E-state index contributed by atoms with van der Waals surface area (Å²) in [4.78, 5) is 24.7. The van der Waals surface area contributed by atoms with E-state index in [0.717, 1.165) is 13.1 Å². The quantitative estimate of drug-likeness (QED) is 0.520. The molecule has 1 saturated heterocycles. The first-order valence-electron chi connectivity index (χ1n) is 5.79. The van der Waals surface area contributed by atoms with E-state index < -0.39 is 0 Å². The van der Waals surface area contributed by atoms with Gasteiger partial charge in [0.05, 0.1) is 6.54 Å². The Labute approximate surface area is 102 Å². The van der Waals surface area contributed by atoms with Crippen molar-refractivity contribution in [1.82, 2.24) is 15.5 Å². The van der Waals surface area contributed by atoms with Crippen LogP contribution in [0, 0.1) is 0 Å². The predicted octanol–water partition coefficient (Wildman–Crippen LogP) is -0.333. The number of amides is 2. The summed E-state index contributed by atoms with van der Waals surface area (Å²) < 4.78 is 0. The van der Waals surface area contributed by atoms with Crippen LogP contribution in [0.15, 0.2) is 24.3 Å². The highest BCUT2D eigenvalue weighted by Crippen LogP contribution is 1.92. The molecule has 5 nitrogen and oxygen atoms in total. The molecule has 0 spiro atoms. The van der Waals surface area contributed by atoms with Crippen LogP contribution in [-0.4, -0.2) is 49.4 Å². The molecule has 1 heterocycles. The van der Waals surface area contributed by atoms with Crippen molar-refractivity contribution in [3.8, 4) is 0 Å². The molecule has 0 saturated carbocycles. The van der Waals surface area contributed by atoms with Crippen molar-refractivity contribution in [1.29, 1.82) is 0 Å². The maximum Gasteiger partial charge on any atom is 0.244 e. The third-order valence-corrected chi connectivity index (χ3v) is 2.43. The average Bonchev–Trinajstić information content (AvgIpc) is 2.37. The summed E-state index contributed by atoms with van der Waals surface area (Å²) in [5.74, 6) is -0.272. The first kappa shape index (κ1) is 13.4. The van der Waals surface area contributed by atoms with Gasteiger partial charge in [-0.2, -0.15) is 0 Å². The first-order valence-corrected chi connectivity index (χ1v) is 5.79. The van der Waals surface area contributed by atoms with Gasteiger partial charge >= 0.3 is 0 Å². The Morgan fingerprint density at radius 2 is 2.00 bits per heavy atom. The molecule has 0 bridgehead atoms. The Morgan fingerprint density at radius 1 is 1.29 bits per heavy atom. The Hall–Kier alpha value is -1.62. The van der Waals surface area contributed by atoms with Gasteiger partial charge in [-0.3, -0.25) is 9.59 Å². The lowest BCUT2D eigenvalue weighted by Gasteiger charge is -2.27. The second-order valence-corrected chi connectivity index (χ2v) is 3.73. The van der Waals surface area contributed by atoms with Crippen molar-refractivity contribution < 1.29 is 9.59 Å². The fourth-order valence-electron chi connectivity index (χ4n) is 1.50. The molecule has 17 heavy (non-hydrogen) atoms. The zero-order valence-electron chi connectivity index (χ0n) is 10.1. The van der Waals surface area contributed by atoms with Crippen LogP contribution in [0.4, 0.5) is 0 Å². The summed E-state index contributed by atoms with van der Waals surface area (Å²) in [7, 11) is 0. The summed E-state index contributed by atoms with van der Waals surface area (Å²) >= 11 is 0. The maximum absolute atomic E-state index is 11.7. The van der Waals surface area contributed by atoms with Gasteiger partial charge in [-0.25, -0.2) is 0 Å². The topological polar surface area (TPSA) is 61.4 Å². The second-order valence-electron chi connectivity index (χ2n) is 3.73. The molecule has 0 aromatic carbocycles. The van der Waals surface area contributed by atoms with Gasteiger partial charge in [-0.15, -0.1) is 0 Å². The number of carbonyl (C=O) groups is 2. The maximum atomic E-state index is 11.7. The fraction of sp³-hybridized carbons (Fsp3) is 0.500. The molecule has 0 aromatic heterocycles. The smallest absolute Gasteiger partial charge is 0.244 e. The Morgan fingerprint density at radius 3 is 2.65 bits per heavy atom. The summed E-state index contributed by atoms with van der Waals surface area (Å²) in [6.07, 6.45) is 6.64. The molecule has 1 fully saturated rings. The Bertz CT molecular complexity index is 318. The lowest BCUT2D eigenvalue weighted by Crippen LogP contribution is -2.49. The van der Waals surface area contributed by atoms with E-state index in [1.54, 1.807) is 17.1 Å². The minimum Gasteiger partial charge on any atom is -0.343 e. The molecule has 0 radical (unpaired) electrons. The van der Waals surface area contributed by atoms with Gasteiger partial charge < -0.3 is 15.5 Å². The molecule has 0 atom stereocenters. The van der Waals surface area contributed by atoms with Crippen molar-refractivity contribution in [2.45, 2.75) is 6.92 Å². The van der Waals surface area contributed by atoms with E-state index in [2.05, 4.69) is 10.6 Å². The molecule has 2 N–H and O–H groups in total. The molecule has 5 heteroatoms. The minimum atomic E-state index is -0.244. The number of allylic oxidation sites excluding steroid dienone is 3. The lowest BCUT2D eigenvalue weighted by molar-refractivity contribution is -0.132. The van der Waals surface area contributed by atoms with Crippen LogP contribution in [0.5, 0.6) is 0 Å². The van der Waals surface area contributed by atoms with Crippen molar-refractivity contribution >= 4 is 11.8 Å². The van der Waals surface area contributed by atoms with Crippen molar-refractivity contribution in [3.63, 3.8) is 0 Å². The van der Waals surface area contributed by atoms with E-state index in [0.29, 0.717) is 13.1 Å². The van der Waals surface area contributed by atoms with Gasteiger partial charge in [0.25, 0.3) is 0 Å². The van der Waals surface area contributed by atoms with Crippen LogP contribution in [-0.2, 0) is 9.59 Å². The summed E-state index contributed by atoms with van der Waals surface area (Å²) in [5.41, 5.74) is 0. The SMILES string of the molecule is CC=CC=CC(=O)NCC(=O)N1CCNCC1. The molecule has 2 amide bonds. The van der Waals surface area contributed by atoms with E-state index in [4.69, 9.17) is 0 Å². The number of nitrogens with zero attached hydrogens (tertiary/aromatic N) is 1. The molecule has 0 aromatic rings. The number of carbonyl (C=O) groups excluding carboxylic acids is 2. The molecule has 1 rings (SSSR count). The van der Waals surface area contributed by atoms with Gasteiger partial charge in [0.1, 0.15) is 0 Å². The highest BCUT2D eigenvalue weighted by molar-refractivity contribution is 5.91. The number of hydrogen-bond donors (Lipinski definition) is 2. The van der Waals surface area contributed by atoms with Gasteiger partial charge in [-0.1, -0.05) is 18.2 Å². The van der Waals surface area contributed by atoms with E-state index >= 15 is 0 Å². The molecule has 1 aliphatic rings. The van der Waals surface area contributed by atoms with Gasteiger partial charge in [-0.05, 0) is 6.92 Å². The lowest BCUT2D eigenvalue weighted by atomic mass is 10.3. The van der Waals surface area contributed by atoms with Gasteiger partial charge in [0, 0.05) is 32.3 Å². The first-order chi connectivity index (χ1) is 8.24. The average molecular weight is 237 g/mol. The Balaban J connectivity index is 2.24. The number of hydrogen-bond acceptors (Lipinski definition) is 3. The Kier molecular flexibility index (Phi) is 6.03. The largest absolute Gasteiger partial charge is 0.343 e. The van der Waals surface area contributed by atoms with Crippen molar-refractivity contribution in [2.75, 3.05) is 32.7 Å². The van der Waals surface area contributed by atoms with Gasteiger partial charge in [0.15, 0.2) is 0 Å². The van der Waals surface area contributed by atoms with E-state index in [-0.39, 0.29) is 18.4 Å². The van der Waals surface area contributed by atoms with Crippen LogP contribution in [0.25, 0.3) is 0 Å². The van der Waals surface area contributed by atoms with Crippen LogP contribution >= 0.6 is 0 Å². The number of rotatable bonds is 4. The van der Waals surface area contributed by atoms with E-state index in [9.17, 15) is 9.59 Å². The van der Waals surface area contributed by atoms with E-state index in [1.807, 2.05) is 13.0 Å². The molecule has 0 aliphatic carbocycles. The predicted molar refractivity (Wildman–Crippen MR) is 66.4 cm³/mol. The highest BCUT2D eigenvalue weighted by Gasteiger charge is 2.15. The normalized spacial score (nSPS) is 16.6. The summed E-state index contributed by atoms with van der Waals surface area (Å²) in [5, 5.41) is 5.74. The highest BCUT2D eigenvalue weighted by atomic mass is 16.2. The summed E-state index contributed by atoms with van der Waals surface area (Å²) in [6.45, 7) is 5.00. The zero-order chi connectivity index (χ0) is 12.5. The standard InChI is InChI=1S/C12H19N3O2/c1-2-3-4-5-11(16)14-10-12(17)15-8-6-13-7-9-15/h2-5,13H,6-10H2,1H3,(H,14,16). The molecule has 0 unspecified atom stereocenters. The zero-order valence-corrected chi connectivity index (χ0v) is 10.1. The van der Waals surface area contributed by atoms with Crippen molar-refractivity contribution in [3.05, 3.63) is 24.3 Å². The second kappa shape index (κ2) is 7.62. The molecular weight excluding hydrogens is 218 g/mol. The fourth-order valence-corrected chi connectivity index (χ4v) is 1.50. The van der Waals surface area contributed by atoms with Crippen LogP contribution in [0.2, 0.25) is 0 Å². The number of piperazine rings is 1. The third kappa shape index (κ3) is 5.31. The number of nitrogens with one attached hydrogen (secondary N) is 2. The van der Waals surface area contributed by atoms with Crippen LogP contribution in [0.3, 0.4) is 0 Å². The minimum absolute atomic E-state index is 0.0284. The third-order valence-electron chi connectivity index (χ3n) is 2.43. The van der Waals surface area contributed by atoms with Gasteiger partial charge in [0.2, 0.25) is 11.8 Å². The molecule has 94 valence electrons. The van der Waals surface area contributed by atoms with E-state index in [1.165, 1.54) is 6.08 Å².